The number of nitrogens with one attached hydrogen (secondary N) is 2. The first-order valence-electron chi connectivity index (χ1n) is 5.53. The predicted molar refractivity (Wildman–Crippen MR) is 69.6 cm³/mol. The number of para-hydroxylation sites is 1. The van der Waals surface area contributed by atoms with E-state index in [4.69, 9.17) is 5.73 Å². The van der Waals surface area contributed by atoms with E-state index in [2.05, 4.69) is 10.0 Å². The summed E-state index contributed by atoms with van der Waals surface area (Å²) in [4.78, 5) is 11.1. The monoisotopic (exact) mass is 271 g/mol. The molecule has 18 heavy (non-hydrogen) atoms. The molecule has 0 aliphatic heterocycles. The molecule has 0 saturated heterocycles. The lowest BCUT2D eigenvalue weighted by Crippen LogP contribution is -2.33. The van der Waals surface area contributed by atoms with Crippen LogP contribution in [0.4, 0.5) is 5.69 Å². The molecule has 1 unspecified atom stereocenters. The van der Waals surface area contributed by atoms with Gasteiger partial charge >= 0.3 is 0 Å². The van der Waals surface area contributed by atoms with Crippen LogP contribution in [0.5, 0.6) is 0 Å². The van der Waals surface area contributed by atoms with Crippen LogP contribution in [0.2, 0.25) is 0 Å². The highest BCUT2D eigenvalue weighted by atomic mass is 32.2. The number of rotatable bonds is 6. The summed E-state index contributed by atoms with van der Waals surface area (Å²) in [7, 11) is -3.58. The van der Waals surface area contributed by atoms with Crippen molar-refractivity contribution in [1.29, 1.82) is 0 Å². The van der Waals surface area contributed by atoms with Gasteiger partial charge in [0.05, 0.1) is 5.69 Å². The van der Waals surface area contributed by atoms with Crippen molar-refractivity contribution in [3.8, 4) is 0 Å². The summed E-state index contributed by atoms with van der Waals surface area (Å²) in [5, 5.41) is 2.78. The third-order valence-corrected chi connectivity index (χ3v) is 3.91. The van der Waals surface area contributed by atoms with Crippen LogP contribution < -0.4 is 15.8 Å². The summed E-state index contributed by atoms with van der Waals surface area (Å²) in [5.74, 6) is -0.550. The lowest BCUT2D eigenvalue weighted by atomic mass is 10.2. The van der Waals surface area contributed by atoms with E-state index in [1.807, 2.05) is 0 Å². The summed E-state index contributed by atoms with van der Waals surface area (Å²) < 4.78 is 26.3. The quantitative estimate of drug-likeness (QED) is 0.691. The highest BCUT2D eigenvalue weighted by Crippen LogP contribution is 2.21. The van der Waals surface area contributed by atoms with E-state index in [1.165, 1.54) is 6.07 Å². The maximum Gasteiger partial charge on any atom is 0.242 e. The second-order valence-corrected chi connectivity index (χ2v) is 5.50. The molecule has 1 rings (SSSR count). The first-order chi connectivity index (χ1) is 8.38. The lowest BCUT2D eigenvalue weighted by Gasteiger charge is -2.15. The zero-order valence-corrected chi connectivity index (χ0v) is 11.1. The minimum Gasteiger partial charge on any atom is -0.373 e. The molecule has 6 nitrogen and oxygen atoms in total. The molecular weight excluding hydrogens is 254 g/mol. The lowest BCUT2D eigenvalue weighted by molar-refractivity contribution is -0.118. The minimum absolute atomic E-state index is 0.0972. The fraction of sp³-hybridized carbons (Fsp3) is 0.364. The maximum atomic E-state index is 11.9. The molecule has 0 heterocycles. The summed E-state index contributed by atoms with van der Waals surface area (Å²) in [6.45, 7) is 3.56. The third kappa shape index (κ3) is 3.44. The van der Waals surface area contributed by atoms with E-state index in [0.717, 1.165) is 0 Å². The van der Waals surface area contributed by atoms with Crippen LogP contribution in [0.25, 0.3) is 0 Å². The van der Waals surface area contributed by atoms with Gasteiger partial charge in [-0.3, -0.25) is 4.79 Å². The van der Waals surface area contributed by atoms with Gasteiger partial charge in [-0.15, -0.1) is 0 Å². The number of sulfonamides is 1. The average Bonchev–Trinajstić information content (AvgIpc) is 2.29. The van der Waals surface area contributed by atoms with Crippen LogP contribution >= 0.6 is 0 Å². The predicted octanol–water partition coefficient (Wildman–Crippen LogP) is 0.270. The second kappa shape index (κ2) is 5.83. The van der Waals surface area contributed by atoms with E-state index >= 15 is 0 Å². The van der Waals surface area contributed by atoms with E-state index < -0.39 is 22.0 Å². The van der Waals surface area contributed by atoms with Gasteiger partial charge in [-0.25, -0.2) is 13.1 Å². The van der Waals surface area contributed by atoms with Crippen molar-refractivity contribution in [3.63, 3.8) is 0 Å². The largest absolute Gasteiger partial charge is 0.373 e. The Hall–Kier alpha value is -1.60. The molecule has 0 radical (unpaired) electrons. The number of carbonyl (C=O) groups is 1. The van der Waals surface area contributed by atoms with E-state index in [9.17, 15) is 13.2 Å². The third-order valence-electron chi connectivity index (χ3n) is 2.31. The Labute approximate surface area is 107 Å². The molecule has 7 heteroatoms. The summed E-state index contributed by atoms with van der Waals surface area (Å²) >= 11 is 0. The smallest absolute Gasteiger partial charge is 0.242 e. The summed E-state index contributed by atoms with van der Waals surface area (Å²) in [5.41, 5.74) is 5.49. The van der Waals surface area contributed by atoms with Crippen molar-refractivity contribution >= 4 is 21.6 Å². The van der Waals surface area contributed by atoms with Crippen molar-refractivity contribution < 1.29 is 13.2 Å². The zero-order chi connectivity index (χ0) is 13.8. The molecule has 0 bridgehead atoms. The average molecular weight is 271 g/mol. The molecule has 1 atom stereocenters. The number of hydrogen-bond acceptors (Lipinski definition) is 4. The number of anilines is 1. The van der Waals surface area contributed by atoms with Crippen molar-refractivity contribution in [2.75, 3.05) is 11.9 Å². The van der Waals surface area contributed by atoms with Gasteiger partial charge in [-0.1, -0.05) is 19.1 Å². The second-order valence-electron chi connectivity index (χ2n) is 3.77. The van der Waals surface area contributed by atoms with Gasteiger partial charge in [-0.2, -0.15) is 0 Å². The Morgan fingerprint density at radius 2 is 2.00 bits per heavy atom. The molecule has 0 aliphatic rings. The number of amides is 1. The number of hydrogen-bond donors (Lipinski definition) is 3. The summed E-state index contributed by atoms with van der Waals surface area (Å²) in [6, 6.07) is 5.70. The number of nitrogens with two attached hydrogens (primary N) is 1. The normalized spacial score (nSPS) is 13.0. The van der Waals surface area contributed by atoms with Gasteiger partial charge in [0, 0.05) is 6.54 Å². The van der Waals surface area contributed by atoms with E-state index in [1.54, 1.807) is 32.0 Å². The fourth-order valence-corrected chi connectivity index (χ4v) is 2.60. The molecular formula is C11H17N3O3S. The highest BCUT2D eigenvalue weighted by Gasteiger charge is 2.19. The van der Waals surface area contributed by atoms with Crippen molar-refractivity contribution in [2.24, 2.45) is 5.73 Å². The Morgan fingerprint density at radius 3 is 2.56 bits per heavy atom. The topological polar surface area (TPSA) is 101 Å². The Balaban J connectivity index is 3.11. The molecule has 1 amide bonds. The van der Waals surface area contributed by atoms with Crippen LogP contribution in [-0.4, -0.2) is 26.9 Å². The van der Waals surface area contributed by atoms with Crippen LogP contribution in [0.1, 0.15) is 13.8 Å². The maximum absolute atomic E-state index is 11.9. The van der Waals surface area contributed by atoms with E-state index in [-0.39, 0.29) is 4.90 Å². The van der Waals surface area contributed by atoms with Gasteiger partial charge in [0.15, 0.2) is 0 Å². The van der Waals surface area contributed by atoms with Gasteiger partial charge in [0.1, 0.15) is 10.9 Å². The number of carbonyl (C=O) groups excluding carboxylic acids is 1. The molecule has 0 saturated carbocycles. The van der Waals surface area contributed by atoms with E-state index in [0.29, 0.717) is 12.2 Å². The van der Waals surface area contributed by atoms with Gasteiger partial charge in [0.2, 0.25) is 15.9 Å². The molecule has 1 aromatic rings. The first-order valence-corrected chi connectivity index (χ1v) is 7.01. The van der Waals surface area contributed by atoms with Crippen LogP contribution in [-0.2, 0) is 14.8 Å². The standard InChI is InChI=1S/C11H17N3O3S/c1-3-13-18(16,17)10-7-5-4-6-9(10)14-8(2)11(12)15/h4-8,13-14H,3H2,1-2H3,(H2,12,15). The molecule has 0 spiro atoms. The van der Waals surface area contributed by atoms with Gasteiger partial charge in [0.25, 0.3) is 0 Å². The molecule has 4 N–H and O–H groups in total. The van der Waals surface area contributed by atoms with Crippen LogP contribution in [0.3, 0.4) is 0 Å². The number of primary amides is 1. The van der Waals surface area contributed by atoms with Crippen molar-refractivity contribution in [3.05, 3.63) is 24.3 Å². The fourth-order valence-electron chi connectivity index (χ4n) is 1.39. The zero-order valence-electron chi connectivity index (χ0n) is 10.3. The molecule has 1 aromatic carbocycles. The SMILES string of the molecule is CCNS(=O)(=O)c1ccccc1NC(C)C(N)=O. The van der Waals surface area contributed by atoms with Crippen molar-refractivity contribution in [2.45, 2.75) is 24.8 Å². The molecule has 100 valence electrons. The molecule has 0 aliphatic carbocycles. The first kappa shape index (κ1) is 14.5. The Morgan fingerprint density at radius 1 is 1.39 bits per heavy atom. The van der Waals surface area contributed by atoms with Gasteiger partial charge < -0.3 is 11.1 Å². The number of benzene rings is 1. The van der Waals surface area contributed by atoms with Gasteiger partial charge in [-0.05, 0) is 19.1 Å². The summed E-state index contributed by atoms with van der Waals surface area (Å²) in [6.07, 6.45) is 0. The van der Waals surface area contributed by atoms with Crippen LogP contribution in [0.15, 0.2) is 29.2 Å². The van der Waals surface area contributed by atoms with Crippen molar-refractivity contribution in [1.82, 2.24) is 4.72 Å². The Kier molecular flexibility index (Phi) is 4.69. The van der Waals surface area contributed by atoms with Crippen LogP contribution in [0, 0.1) is 0 Å². The Bertz CT molecular complexity index is 528. The highest BCUT2D eigenvalue weighted by molar-refractivity contribution is 7.89. The molecule has 0 aromatic heterocycles. The molecule has 0 fully saturated rings. The minimum atomic E-state index is -3.58.